The lowest BCUT2D eigenvalue weighted by Gasteiger charge is -2.33. The molecule has 1 saturated carbocycles. The maximum absolute atomic E-state index is 13.0. The summed E-state index contributed by atoms with van der Waals surface area (Å²) < 4.78 is 5.42. The van der Waals surface area contributed by atoms with Gasteiger partial charge in [0, 0.05) is 38.1 Å². The first-order valence-electron chi connectivity index (χ1n) is 8.46. The van der Waals surface area contributed by atoms with E-state index in [1.165, 1.54) is 0 Å². The van der Waals surface area contributed by atoms with Crippen molar-refractivity contribution >= 4 is 5.91 Å². The van der Waals surface area contributed by atoms with E-state index in [2.05, 4.69) is 37.5 Å². The number of amides is 1. The van der Waals surface area contributed by atoms with Gasteiger partial charge >= 0.3 is 0 Å². The third-order valence-corrected chi connectivity index (χ3v) is 6.50. The van der Waals surface area contributed by atoms with E-state index in [-0.39, 0.29) is 16.7 Å². The molecule has 0 N–H and O–H groups in total. The number of morpholine rings is 1. The lowest BCUT2D eigenvalue weighted by Crippen LogP contribution is -2.47. The van der Waals surface area contributed by atoms with Gasteiger partial charge < -0.3 is 9.64 Å². The molecule has 0 aromatic heterocycles. The van der Waals surface area contributed by atoms with Gasteiger partial charge in [-0.05, 0) is 23.7 Å². The molecule has 1 atom stereocenters. The van der Waals surface area contributed by atoms with Crippen molar-refractivity contribution in [3.05, 3.63) is 0 Å². The van der Waals surface area contributed by atoms with Gasteiger partial charge in [0.25, 0.3) is 0 Å². The summed E-state index contributed by atoms with van der Waals surface area (Å²) in [5, 5.41) is 0. The first kappa shape index (κ1) is 15.3. The fourth-order valence-electron chi connectivity index (χ4n) is 4.38. The van der Waals surface area contributed by atoms with Crippen molar-refractivity contribution in [2.24, 2.45) is 16.7 Å². The van der Waals surface area contributed by atoms with E-state index >= 15 is 0 Å². The van der Waals surface area contributed by atoms with Crippen LogP contribution >= 0.6 is 0 Å². The molecule has 3 fully saturated rings. The Hall–Kier alpha value is -0.610. The summed E-state index contributed by atoms with van der Waals surface area (Å²) >= 11 is 0. The van der Waals surface area contributed by atoms with Crippen LogP contribution in [0.5, 0.6) is 0 Å². The third kappa shape index (κ3) is 2.50. The van der Waals surface area contributed by atoms with Crippen molar-refractivity contribution in [2.45, 2.75) is 46.6 Å². The summed E-state index contributed by atoms with van der Waals surface area (Å²) in [5.41, 5.74) is 0.298. The Labute approximate surface area is 128 Å². The summed E-state index contributed by atoms with van der Waals surface area (Å²) in [5.74, 6) is 0.607. The smallest absolute Gasteiger partial charge is 0.227 e. The highest BCUT2D eigenvalue weighted by Gasteiger charge is 2.69. The van der Waals surface area contributed by atoms with Crippen LogP contribution in [0.4, 0.5) is 0 Å². The average Bonchev–Trinajstić information content (AvgIpc) is 2.77. The summed E-state index contributed by atoms with van der Waals surface area (Å²) in [6.07, 6.45) is 2.32. The molecule has 2 heterocycles. The number of carbonyl (C=O) groups excluding carboxylic acids is 1. The molecule has 2 saturated heterocycles. The van der Waals surface area contributed by atoms with Gasteiger partial charge in [-0.3, -0.25) is 9.69 Å². The Balaban J connectivity index is 1.63. The molecule has 1 amide bonds. The summed E-state index contributed by atoms with van der Waals surface area (Å²) in [6.45, 7) is 14.6. The molecule has 2 aliphatic heterocycles. The van der Waals surface area contributed by atoms with E-state index in [1.54, 1.807) is 0 Å². The largest absolute Gasteiger partial charge is 0.379 e. The predicted octanol–water partition coefficient (Wildman–Crippen LogP) is 1.99. The Bertz CT molecular complexity index is 399. The van der Waals surface area contributed by atoms with E-state index in [4.69, 9.17) is 4.74 Å². The van der Waals surface area contributed by atoms with Gasteiger partial charge in [-0.25, -0.2) is 0 Å². The standard InChI is InChI=1S/C17H30N2O2/c1-16(2)14(17(16,3)4)15(20)19-7-5-6-13(19)12-18-8-10-21-11-9-18/h13-14H,5-12H2,1-4H3/t13-/m1/s1. The normalized spacial score (nSPS) is 32.4. The second-order valence-corrected chi connectivity index (χ2v) is 8.12. The molecule has 0 bridgehead atoms. The number of rotatable bonds is 3. The highest BCUT2D eigenvalue weighted by molar-refractivity contribution is 5.84. The fraction of sp³-hybridized carbons (Fsp3) is 0.941. The fourth-order valence-corrected chi connectivity index (χ4v) is 4.38. The molecule has 0 spiro atoms. The zero-order valence-corrected chi connectivity index (χ0v) is 14.0. The first-order chi connectivity index (χ1) is 9.85. The Morgan fingerprint density at radius 2 is 1.71 bits per heavy atom. The molecule has 3 aliphatic rings. The molecule has 3 rings (SSSR count). The Kier molecular flexibility index (Phi) is 3.81. The minimum Gasteiger partial charge on any atom is -0.379 e. The van der Waals surface area contributed by atoms with Crippen LogP contribution in [0, 0.1) is 16.7 Å². The van der Waals surface area contributed by atoms with Gasteiger partial charge in [0.2, 0.25) is 5.91 Å². The van der Waals surface area contributed by atoms with Crippen molar-refractivity contribution in [1.82, 2.24) is 9.80 Å². The van der Waals surface area contributed by atoms with E-state index in [9.17, 15) is 4.79 Å². The zero-order chi connectivity index (χ0) is 15.3. The van der Waals surface area contributed by atoms with Gasteiger partial charge in [-0.15, -0.1) is 0 Å². The van der Waals surface area contributed by atoms with Crippen molar-refractivity contribution in [2.75, 3.05) is 39.4 Å². The van der Waals surface area contributed by atoms with Crippen LogP contribution in [-0.4, -0.2) is 61.1 Å². The number of ether oxygens (including phenoxy) is 1. The van der Waals surface area contributed by atoms with Gasteiger partial charge in [0.15, 0.2) is 0 Å². The molecule has 4 heteroatoms. The molecule has 1 aliphatic carbocycles. The predicted molar refractivity (Wildman–Crippen MR) is 83.0 cm³/mol. The maximum atomic E-state index is 13.0. The molecule has 0 unspecified atom stereocenters. The maximum Gasteiger partial charge on any atom is 0.227 e. The van der Waals surface area contributed by atoms with Gasteiger partial charge in [-0.2, -0.15) is 0 Å². The van der Waals surface area contributed by atoms with Crippen LogP contribution in [0.2, 0.25) is 0 Å². The molecule has 4 nitrogen and oxygen atoms in total. The third-order valence-electron chi connectivity index (χ3n) is 6.50. The summed E-state index contributed by atoms with van der Waals surface area (Å²) in [7, 11) is 0. The lowest BCUT2D eigenvalue weighted by atomic mass is 10.0. The first-order valence-corrected chi connectivity index (χ1v) is 8.46. The van der Waals surface area contributed by atoms with Gasteiger partial charge in [0.05, 0.1) is 13.2 Å². The SMILES string of the molecule is CC1(C)C(C(=O)N2CCC[C@@H]2CN2CCOCC2)C1(C)C. The van der Waals surface area contributed by atoms with E-state index < -0.39 is 0 Å². The van der Waals surface area contributed by atoms with Crippen LogP contribution < -0.4 is 0 Å². The molecule has 21 heavy (non-hydrogen) atoms. The monoisotopic (exact) mass is 294 g/mol. The molecule has 0 aromatic carbocycles. The second-order valence-electron chi connectivity index (χ2n) is 8.12. The Morgan fingerprint density at radius 3 is 2.29 bits per heavy atom. The molecule has 120 valence electrons. The van der Waals surface area contributed by atoms with E-state index in [0.29, 0.717) is 11.9 Å². The van der Waals surface area contributed by atoms with Crippen LogP contribution in [-0.2, 0) is 9.53 Å². The lowest BCUT2D eigenvalue weighted by molar-refractivity contribution is -0.135. The average molecular weight is 294 g/mol. The topological polar surface area (TPSA) is 32.8 Å². The highest BCUT2D eigenvalue weighted by atomic mass is 16.5. The highest BCUT2D eigenvalue weighted by Crippen LogP contribution is 2.69. The van der Waals surface area contributed by atoms with Gasteiger partial charge in [0.1, 0.15) is 0 Å². The van der Waals surface area contributed by atoms with Crippen molar-refractivity contribution in [3.63, 3.8) is 0 Å². The quantitative estimate of drug-likeness (QED) is 0.798. The number of carbonyl (C=O) groups is 1. The number of likely N-dealkylation sites (tertiary alicyclic amines) is 1. The summed E-state index contributed by atoms with van der Waals surface area (Å²) in [4.78, 5) is 17.6. The van der Waals surface area contributed by atoms with Crippen LogP contribution in [0.25, 0.3) is 0 Å². The zero-order valence-electron chi connectivity index (χ0n) is 14.0. The van der Waals surface area contributed by atoms with E-state index in [0.717, 1.165) is 52.2 Å². The molecule has 0 aromatic rings. The van der Waals surface area contributed by atoms with Crippen molar-refractivity contribution < 1.29 is 9.53 Å². The van der Waals surface area contributed by atoms with Crippen LogP contribution in [0.15, 0.2) is 0 Å². The van der Waals surface area contributed by atoms with Crippen molar-refractivity contribution in [3.8, 4) is 0 Å². The van der Waals surface area contributed by atoms with Crippen LogP contribution in [0.3, 0.4) is 0 Å². The number of nitrogens with zero attached hydrogens (tertiary/aromatic N) is 2. The minimum atomic E-state index is 0.149. The number of hydrogen-bond acceptors (Lipinski definition) is 3. The van der Waals surface area contributed by atoms with Crippen LogP contribution in [0.1, 0.15) is 40.5 Å². The Morgan fingerprint density at radius 1 is 1.10 bits per heavy atom. The van der Waals surface area contributed by atoms with E-state index in [1.807, 2.05) is 0 Å². The second kappa shape index (κ2) is 5.24. The number of hydrogen-bond donors (Lipinski definition) is 0. The minimum absolute atomic E-state index is 0.149. The van der Waals surface area contributed by atoms with Gasteiger partial charge in [-0.1, -0.05) is 27.7 Å². The molecular formula is C17H30N2O2. The molecule has 0 radical (unpaired) electrons. The molecular weight excluding hydrogens is 264 g/mol. The summed E-state index contributed by atoms with van der Waals surface area (Å²) in [6, 6.07) is 0.419. The van der Waals surface area contributed by atoms with Crippen molar-refractivity contribution in [1.29, 1.82) is 0 Å².